The summed E-state index contributed by atoms with van der Waals surface area (Å²) >= 11 is 0. The van der Waals surface area contributed by atoms with E-state index in [1.807, 2.05) is 20.8 Å². The summed E-state index contributed by atoms with van der Waals surface area (Å²) in [4.78, 5) is 26.9. The van der Waals surface area contributed by atoms with Crippen LogP contribution in [0.4, 0.5) is 0 Å². The SMILES string of the molecule is Cc1c(C)c2c(c(C)c1O)CCC(C)(C(=O)NC1CCCN(C)C1=O)O2. The predicted octanol–water partition coefficient (Wildman–Crippen LogP) is 2.14. The van der Waals surface area contributed by atoms with Crippen molar-refractivity contribution in [1.82, 2.24) is 10.2 Å². The van der Waals surface area contributed by atoms with Gasteiger partial charge in [0, 0.05) is 25.6 Å². The standard InChI is InChI=1S/C20H28N2O4/c1-11-12(2)17-14(13(3)16(11)23)8-9-20(4,26-17)19(25)21-15-7-6-10-22(5)18(15)24/h15,23H,6-10H2,1-5H3,(H,21,25). The number of ether oxygens (including phenoxy) is 1. The first-order chi connectivity index (χ1) is 12.2. The number of likely N-dealkylation sites (tertiary alicyclic amines) is 1. The van der Waals surface area contributed by atoms with Gasteiger partial charge in [0.15, 0.2) is 5.60 Å². The van der Waals surface area contributed by atoms with Crippen LogP contribution in [-0.4, -0.2) is 47.1 Å². The van der Waals surface area contributed by atoms with Crippen LogP contribution in [-0.2, 0) is 16.0 Å². The second kappa shape index (κ2) is 6.49. The van der Waals surface area contributed by atoms with Crippen LogP contribution in [0.25, 0.3) is 0 Å². The van der Waals surface area contributed by atoms with Gasteiger partial charge >= 0.3 is 0 Å². The van der Waals surface area contributed by atoms with Crippen molar-refractivity contribution in [1.29, 1.82) is 0 Å². The molecule has 1 aromatic carbocycles. The average Bonchev–Trinajstić information content (AvgIpc) is 2.62. The lowest BCUT2D eigenvalue weighted by atomic mass is 9.86. The van der Waals surface area contributed by atoms with E-state index >= 15 is 0 Å². The summed E-state index contributed by atoms with van der Waals surface area (Å²) in [5.41, 5.74) is 2.38. The Hall–Kier alpha value is -2.24. The normalized spacial score (nSPS) is 25.5. The number of hydrogen-bond acceptors (Lipinski definition) is 4. The van der Waals surface area contributed by atoms with E-state index in [1.54, 1.807) is 18.9 Å². The Morgan fingerprint density at radius 1 is 1.27 bits per heavy atom. The number of amides is 2. The Bertz CT molecular complexity index is 774. The molecule has 26 heavy (non-hydrogen) atoms. The number of nitrogens with one attached hydrogen (secondary N) is 1. The molecule has 6 nitrogen and oxygen atoms in total. The maximum absolute atomic E-state index is 12.9. The fourth-order valence-electron chi connectivity index (χ4n) is 3.88. The molecule has 2 heterocycles. The number of fused-ring (bicyclic) bond motifs is 1. The van der Waals surface area contributed by atoms with Gasteiger partial charge in [0.1, 0.15) is 17.5 Å². The number of phenols is 1. The van der Waals surface area contributed by atoms with Crippen LogP contribution in [0, 0.1) is 20.8 Å². The minimum atomic E-state index is -1.02. The van der Waals surface area contributed by atoms with Crippen LogP contribution in [0.2, 0.25) is 0 Å². The van der Waals surface area contributed by atoms with Gasteiger partial charge in [-0.3, -0.25) is 9.59 Å². The number of aromatic hydroxyl groups is 1. The Balaban J connectivity index is 1.84. The van der Waals surface area contributed by atoms with Gasteiger partial charge in [-0.15, -0.1) is 0 Å². The van der Waals surface area contributed by atoms with Crippen molar-refractivity contribution in [2.75, 3.05) is 13.6 Å². The van der Waals surface area contributed by atoms with Gasteiger partial charge in [0.2, 0.25) is 5.91 Å². The highest BCUT2D eigenvalue weighted by Crippen LogP contribution is 2.43. The zero-order valence-electron chi connectivity index (χ0n) is 16.2. The average molecular weight is 360 g/mol. The van der Waals surface area contributed by atoms with E-state index in [4.69, 9.17) is 4.74 Å². The van der Waals surface area contributed by atoms with E-state index < -0.39 is 11.6 Å². The smallest absolute Gasteiger partial charge is 0.264 e. The van der Waals surface area contributed by atoms with E-state index in [-0.39, 0.29) is 11.8 Å². The zero-order valence-corrected chi connectivity index (χ0v) is 16.2. The third-order valence-electron chi connectivity index (χ3n) is 5.97. The number of carbonyl (C=O) groups excluding carboxylic acids is 2. The third-order valence-corrected chi connectivity index (χ3v) is 5.97. The molecule has 6 heteroatoms. The fourth-order valence-corrected chi connectivity index (χ4v) is 3.88. The summed E-state index contributed by atoms with van der Waals surface area (Å²) in [6, 6.07) is -0.479. The Morgan fingerprint density at radius 2 is 1.96 bits per heavy atom. The van der Waals surface area contributed by atoms with Gasteiger partial charge in [-0.05, 0) is 63.6 Å². The van der Waals surface area contributed by atoms with E-state index in [0.29, 0.717) is 30.8 Å². The van der Waals surface area contributed by atoms with Gasteiger partial charge in [-0.2, -0.15) is 0 Å². The molecule has 1 fully saturated rings. The Labute approximate surface area is 154 Å². The molecule has 0 bridgehead atoms. The van der Waals surface area contributed by atoms with Gasteiger partial charge in [0.05, 0.1) is 0 Å². The second-order valence-electron chi connectivity index (χ2n) is 7.79. The molecular formula is C20H28N2O4. The molecule has 1 saturated heterocycles. The Morgan fingerprint density at radius 3 is 2.65 bits per heavy atom. The molecule has 2 aliphatic heterocycles. The maximum Gasteiger partial charge on any atom is 0.264 e. The lowest BCUT2D eigenvalue weighted by Crippen LogP contribution is -2.58. The highest BCUT2D eigenvalue weighted by atomic mass is 16.5. The molecule has 0 spiro atoms. The summed E-state index contributed by atoms with van der Waals surface area (Å²) < 4.78 is 6.18. The van der Waals surface area contributed by atoms with Crippen LogP contribution < -0.4 is 10.1 Å². The number of hydrogen-bond donors (Lipinski definition) is 2. The monoisotopic (exact) mass is 360 g/mol. The molecule has 3 rings (SSSR count). The largest absolute Gasteiger partial charge is 0.507 e. The molecule has 0 saturated carbocycles. The molecule has 0 aromatic heterocycles. The molecule has 2 N–H and O–H groups in total. The number of carbonyl (C=O) groups is 2. The summed E-state index contributed by atoms with van der Waals surface area (Å²) in [6.45, 7) is 8.14. The van der Waals surface area contributed by atoms with Crippen LogP contribution in [0.1, 0.15) is 48.4 Å². The fraction of sp³-hybridized carbons (Fsp3) is 0.600. The number of nitrogens with zero attached hydrogens (tertiary/aromatic N) is 1. The Kier molecular flexibility index (Phi) is 4.63. The van der Waals surface area contributed by atoms with Crippen molar-refractivity contribution in [3.63, 3.8) is 0 Å². The topological polar surface area (TPSA) is 78.9 Å². The van der Waals surface area contributed by atoms with Gasteiger partial charge in [-0.1, -0.05) is 0 Å². The van der Waals surface area contributed by atoms with Crippen LogP contribution in [0.15, 0.2) is 0 Å². The molecule has 0 aliphatic carbocycles. The first-order valence-electron chi connectivity index (χ1n) is 9.22. The number of rotatable bonds is 2. The summed E-state index contributed by atoms with van der Waals surface area (Å²) in [6.07, 6.45) is 2.70. The van der Waals surface area contributed by atoms with Gasteiger partial charge in [0.25, 0.3) is 5.91 Å². The lowest BCUT2D eigenvalue weighted by Gasteiger charge is -2.38. The molecule has 2 unspecified atom stereocenters. The first kappa shape index (κ1) is 18.5. The predicted molar refractivity (Wildman–Crippen MR) is 98.5 cm³/mol. The summed E-state index contributed by atoms with van der Waals surface area (Å²) in [5, 5.41) is 13.2. The maximum atomic E-state index is 12.9. The first-order valence-corrected chi connectivity index (χ1v) is 9.22. The van der Waals surface area contributed by atoms with Gasteiger partial charge < -0.3 is 20.1 Å². The van der Waals surface area contributed by atoms with E-state index in [2.05, 4.69) is 5.32 Å². The quantitative estimate of drug-likeness (QED) is 0.847. The van der Waals surface area contributed by atoms with Crippen molar-refractivity contribution >= 4 is 11.8 Å². The van der Waals surface area contributed by atoms with Crippen molar-refractivity contribution < 1.29 is 19.4 Å². The molecule has 2 aliphatic rings. The van der Waals surface area contributed by atoms with E-state index in [9.17, 15) is 14.7 Å². The van der Waals surface area contributed by atoms with Crippen LogP contribution in [0.5, 0.6) is 11.5 Å². The van der Waals surface area contributed by atoms with Crippen LogP contribution in [0.3, 0.4) is 0 Å². The van der Waals surface area contributed by atoms with Crippen molar-refractivity contribution in [2.24, 2.45) is 0 Å². The highest BCUT2D eigenvalue weighted by Gasteiger charge is 2.42. The van der Waals surface area contributed by atoms with Gasteiger partial charge in [-0.25, -0.2) is 0 Å². The van der Waals surface area contributed by atoms with Crippen molar-refractivity contribution in [2.45, 2.75) is 65.0 Å². The number of likely N-dealkylation sites (N-methyl/N-ethyl adjacent to an activating group) is 1. The highest BCUT2D eigenvalue weighted by molar-refractivity contribution is 5.92. The third kappa shape index (κ3) is 2.91. The molecule has 0 radical (unpaired) electrons. The van der Waals surface area contributed by atoms with Crippen LogP contribution >= 0.6 is 0 Å². The van der Waals surface area contributed by atoms with Crippen molar-refractivity contribution in [3.05, 3.63) is 22.3 Å². The van der Waals surface area contributed by atoms with Crippen molar-refractivity contribution in [3.8, 4) is 11.5 Å². The summed E-state index contributed by atoms with van der Waals surface area (Å²) in [5.74, 6) is 0.694. The molecule has 142 valence electrons. The summed E-state index contributed by atoms with van der Waals surface area (Å²) in [7, 11) is 1.76. The molecular weight excluding hydrogens is 332 g/mol. The minimum Gasteiger partial charge on any atom is -0.507 e. The lowest BCUT2D eigenvalue weighted by molar-refractivity contribution is -0.143. The minimum absolute atomic E-state index is 0.0443. The molecule has 2 amide bonds. The molecule has 1 aromatic rings. The van der Waals surface area contributed by atoms with E-state index in [0.717, 1.165) is 35.2 Å². The zero-order chi connectivity index (χ0) is 19.2. The number of phenolic OH excluding ortho intramolecular Hbond substituents is 1. The number of benzene rings is 1. The second-order valence-corrected chi connectivity index (χ2v) is 7.79. The number of piperidine rings is 1. The molecule has 2 atom stereocenters. The van der Waals surface area contributed by atoms with E-state index in [1.165, 1.54) is 0 Å².